The van der Waals surface area contributed by atoms with Crippen LogP contribution in [0, 0.1) is 5.92 Å². The first kappa shape index (κ1) is 28.6. The third-order valence-electron chi connectivity index (χ3n) is 7.07. The lowest BCUT2D eigenvalue weighted by atomic mass is 9.99. The Balaban J connectivity index is 1.33. The van der Waals surface area contributed by atoms with Crippen molar-refractivity contribution in [2.45, 2.75) is 32.5 Å². The van der Waals surface area contributed by atoms with Gasteiger partial charge in [-0.1, -0.05) is 6.92 Å². The van der Waals surface area contributed by atoms with Crippen molar-refractivity contribution in [1.29, 1.82) is 0 Å². The smallest absolute Gasteiger partial charge is 0.321 e. The minimum Gasteiger partial charge on any atom is -0.487 e. The number of likely N-dealkylation sites (N-methyl/N-ethyl adjacent to an activating group) is 1. The predicted molar refractivity (Wildman–Crippen MR) is 148 cm³/mol. The highest BCUT2D eigenvalue weighted by atomic mass is 16.7. The summed E-state index contributed by atoms with van der Waals surface area (Å²) in [7, 11) is 1.65. The van der Waals surface area contributed by atoms with Crippen LogP contribution >= 0.6 is 0 Å². The van der Waals surface area contributed by atoms with Crippen LogP contribution < -0.4 is 24.8 Å². The molecule has 3 N–H and O–H groups in total. The summed E-state index contributed by atoms with van der Waals surface area (Å²) in [5.41, 5.74) is 1.15. The first-order valence-electron chi connectivity index (χ1n) is 13.4. The molecule has 3 heterocycles. The number of urea groups is 1. The second kappa shape index (κ2) is 12.3. The molecule has 4 amide bonds. The number of benzene rings is 2. The third-order valence-corrected chi connectivity index (χ3v) is 7.07. The van der Waals surface area contributed by atoms with Crippen LogP contribution in [0.2, 0.25) is 0 Å². The van der Waals surface area contributed by atoms with Crippen LogP contribution in [0.25, 0.3) is 0 Å². The number of hydrogen-bond acceptors (Lipinski definition) is 10. The van der Waals surface area contributed by atoms with Crippen LogP contribution in [0.15, 0.2) is 42.7 Å². The molecular formula is C27H32N8O7. The van der Waals surface area contributed by atoms with Gasteiger partial charge in [-0.25, -0.2) is 9.48 Å². The summed E-state index contributed by atoms with van der Waals surface area (Å²) in [6, 6.07) is 9.09. The number of ether oxygens (including phenoxy) is 3. The molecule has 222 valence electrons. The van der Waals surface area contributed by atoms with Crippen molar-refractivity contribution in [1.82, 2.24) is 30.0 Å². The average molecular weight is 581 g/mol. The van der Waals surface area contributed by atoms with E-state index in [9.17, 15) is 19.5 Å². The maximum absolute atomic E-state index is 13.6. The number of anilines is 2. The third kappa shape index (κ3) is 6.35. The SMILES string of the molecule is C[C@H]1CN([C@@H](C)CO)C(=O)c2cc(NC(=O)Cn3cnnn3)ccc2O[C@@H]1CN(C)C(=O)Nc1ccc2c(c1)OCO2. The zero-order chi connectivity index (χ0) is 29.8. The van der Waals surface area contributed by atoms with E-state index in [1.54, 1.807) is 49.2 Å². The lowest BCUT2D eigenvalue weighted by Gasteiger charge is -2.38. The molecule has 0 fully saturated rings. The van der Waals surface area contributed by atoms with Gasteiger partial charge in [0, 0.05) is 37.0 Å². The summed E-state index contributed by atoms with van der Waals surface area (Å²) in [5, 5.41) is 26.2. The van der Waals surface area contributed by atoms with Crippen molar-refractivity contribution < 1.29 is 33.7 Å². The molecule has 0 unspecified atom stereocenters. The van der Waals surface area contributed by atoms with E-state index in [1.165, 1.54) is 22.0 Å². The second-order valence-corrected chi connectivity index (χ2v) is 10.3. The number of fused-ring (bicyclic) bond motifs is 2. The minimum absolute atomic E-state index is 0.109. The standard InChI is InChI=1S/C27H32N8O7/c1-16-10-35(17(2)13-36)26(38)20-8-18(29-25(37)12-34-14-28-31-32-34)4-6-21(20)42-24(16)11-33(3)27(39)30-19-5-7-22-23(9-19)41-15-40-22/h4-9,14,16-17,24,36H,10-13,15H2,1-3H3,(H,29,37)(H,30,39)/t16-,17-,24+/m0/s1. The van der Waals surface area contributed by atoms with Gasteiger partial charge in [0.05, 0.1) is 24.8 Å². The van der Waals surface area contributed by atoms with E-state index in [2.05, 4.69) is 26.2 Å². The number of carbonyl (C=O) groups is 3. The molecule has 0 bridgehead atoms. The molecule has 2 aromatic carbocycles. The van der Waals surface area contributed by atoms with Crippen LogP contribution in [-0.4, -0.2) is 98.6 Å². The van der Waals surface area contributed by atoms with E-state index in [4.69, 9.17) is 14.2 Å². The van der Waals surface area contributed by atoms with Crippen molar-refractivity contribution in [2.24, 2.45) is 5.92 Å². The molecule has 2 aliphatic rings. The van der Waals surface area contributed by atoms with Crippen LogP contribution in [0.1, 0.15) is 24.2 Å². The molecule has 15 nitrogen and oxygen atoms in total. The van der Waals surface area contributed by atoms with E-state index >= 15 is 0 Å². The van der Waals surface area contributed by atoms with E-state index in [0.717, 1.165) is 0 Å². The fraction of sp³-hybridized carbons (Fsp3) is 0.407. The molecule has 15 heteroatoms. The molecule has 0 saturated carbocycles. The minimum atomic E-state index is -0.502. The van der Waals surface area contributed by atoms with Gasteiger partial charge >= 0.3 is 6.03 Å². The molecule has 5 rings (SSSR count). The Morgan fingerprint density at radius 1 is 1.12 bits per heavy atom. The highest BCUT2D eigenvalue weighted by Crippen LogP contribution is 2.34. The number of hydrogen-bond donors (Lipinski definition) is 3. The molecule has 0 saturated heterocycles. The maximum atomic E-state index is 13.6. The van der Waals surface area contributed by atoms with Gasteiger partial charge < -0.3 is 39.8 Å². The van der Waals surface area contributed by atoms with Gasteiger partial charge in [-0.3, -0.25) is 9.59 Å². The Hall–Kier alpha value is -4.92. The summed E-state index contributed by atoms with van der Waals surface area (Å²) in [4.78, 5) is 42.3. The molecule has 2 aliphatic heterocycles. The number of carbonyl (C=O) groups excluding carboxylic acids is 3. The fourth-order valence-corrected chi connectivity index (χ4v) is 4.66. The lowest BCUT2D eigenvalue weighted by molar-refractivity contribution is -0.116. The number of aromatic nitrogens is 4. The van der Waals surface area contributed by atoms with Gasteiger partial charge in [-0.2, -0.15) is 0 Å². The van der Waals surface area contributed by atoms with E-state index in [1.807, 2.05) is 6.92 Å². The first-order valence-corrected chi connectivity index (χ1v) is 13.4. The molecule has 3 atom stereocenters. The van der Waals surface area contributed by atoms with Gasteiger partial charge in [0.2, 0.25) is 12.7 Å². The number of tetrazole rings is 1. The Kier molecular flexibility index (Phi) is 8.38. The van der Waals surface area contributed by atoms with Gasteiger partial charge in [0.15, 0.2) is 11.5 Å². The first-order chi connectivity index (χ1) is 20.2. The zero-order valence-electron chi connectivity index (χ0n) is 23.4. The molecule has 42 heavy (non-hydrogen) atoms. The predicted octanol–water partition coefficient (Wildman–Crippen LogP) is 1.42. The second-order valence-electron chi connectivity index (χ2n) is 10.3. The monoisotopic (exact) mass is 580 g/mol. The van der Waals surface area contributed by atoms with Crippen LogP contribution in [0.5, 0.6) is 17.2 Å². The maximum Gasteiger partial charge on any atom is 0.321 e. The van der Waals surface area contributed by atoms with Crippen LogP contribution in [0.4, 0.5) is 16.2 Å². The number of amides is 4. The summed E-state index contributed by atoms with van der Waals surface area (Å²) < 4.78 is 18.3. The van der Waals surface area contributed by atoms with Crippen molar-refractivity contribution in [3.63, 3.8) is 0 Å². The highest BCUT2D eigenvalue weighted by Gasteiger charge is 2.34. The van der Waals surface area contributed by atoms with E-state index < -0.39 is 12.1 Å². The number of aliphatic hydroxyl groups excluding tert-OH is 1. The average Bonchev–Trinajstić information content (AvgIpc) is 3.66. The molecule has 0 radical (unpaired) electrons. The highest BCUT2D eigenvalue weighted by molar-refractivity contribution is 6.00. The summed E-state index contributed by atoms with van der Waals surface area (Å²) in [6.07, 6.45) is 0.817. The number of aliphatic hydroxyl groups is 1. The Bertz CT molecular complexity index is 1450. The van der Waals surface area contributed by atoms with Gasteiger partial charge in [0.1, 0.15) is 24.7 Å². The Morgan fingerprint density at radius 3 is 2.60 bits per heavy atom. The van der Waals surface area contributed by atoms with Crippen molar-refractivity contribution in [3.8, 4) is 17.2 Å². The number of nitrogens with one attached hydrogen (secondary N) is 2. The number of nitrogens with zero attached hydrogens (tertiary/aromatic N) is 6. The largest absolute Gasteiger partial charge is 0.487 e. The molecule has 0 aliphatic carbocycles. The molecule has 1 aromatic heterocycles. The summed E-state index contributed by atoms with van der Waals surface area (Å²) in [6.45, 7) is 3.95. The lowest BCUT2D eigenvalue weighted by Crippen LogP contribution is -2.50. The van der Waals surface area contributed by atoms with E-state index in [0.29, 0.717) is 28.6 Å². The van der Waals surface area contributed by atoms with Gasteiger partial charge in [-0.15, -0.1) is 5.10 Å². The van der Waals surface area contributed by atoms with Crippen molar-refractivity contribution in [3.05, 3.63) is 48.3 Å². The van der Waals surface area contributed by atoms with Crippen LogP contribution in [-0.2, 0) is 11.3 Å². The Labute approximate surface area is 241 Å². The zero-order valence-corrected chi connectivity index (χ0v) is 23.4. The molecule has 3 aromatic rings. The molecular weight excluding hydrogens is 548 g/mol. The molecule has 0 spiro atoms. The normalized spacial score (nSPS) is 18.3. The van der Waals surface area contributed by atoms with Gasteiger partial charge in [-0.05, 0) is 47.7 Å². The van der Waals surface area contributed by atoms with Crippen LogP contribution in [0.3, 0.4) is 0 Å². The van der Waals surface area contributed by atoms with Crippen molar-refractivity contribution in [2.75, 3.05) is 44.2 Å². The van der Waals surface area contributed by atoms with Crippen molar-refractivity contribution >= 4 is 29.2 Å². The topological polar surface area (TPSA) is 173 Å². The number of rotatable bonds is 8. The Morgan fingerprint density at radius 2 is 1.86 bits per heavy atom. The summed E-state index contributed by atoms with van der Waals surface area (Å²) >= 11 is 0. The fourth-order valence-electron chi connectivity index (χ4n) is 4.66. The quantitative estimate of drug-likeness (QED) is 0.354. The van der Waals surface area contributed by atoms with Gasteiger partial charge in [0.25, 0.3) is 5.91 Å². The summed E-state index contributed by atoms with van der Waals surface area (Å²) in [5.74, 6) is 0.536. The van der Waals surface area contributed by atoms with E-state index in [-0.39, 0.29) is 62.4 Å².